The molecule has 0 bridgehead atoms. The van der Waals surface area contributed by atoms with Crippen LogP contribution in [0.4, 0.5) is 4.79 Å². The first-order valence-corrected chi connectivity index (χ1v) is 12.5. The van der Waals surface area contributed by atoms with Gasteiger partial charge in [0, 0.05) is 19.6 Å². The van der Waals surface area contributed by atoms with E-state index < -0.39 is 12.1 Å². The first kappa shape index (κ1) is 26.5. The summed E-state index contributed by atoms with van der Waals surface area (Å²) in [5.41, 5.74) is 1.97. The molecule has 1 aliphatic rings. The number of aliphatic carboxylic acids is 1. The van der Waals surface area contributed by atoms with Crippen molar-refractivity contribution in [3.8, 4) is 11.5 Å². The van der Waals surface area contributed by atoms with Gasteiger partial charge in [0.15, 0.2) is 6.10 Å². The molecule has 3 rings (SSSR count). The van der Waals surface area contributed by atoms with Crippen molar-refractivity contribution in [3.05, 3.63) is 59.7 Å². The summed E-state index contributed by atoms with van der Waals surface area (Å²) in [7, 11) is 0. The topological polar surface area (TPSA) is 85.3 Å². The molecule has 1 saturated carbocycles. The normalized spacial score (nSPS) is 14.5. The molecule has 190 valence electrons. The Morgan fingerprint density at radius 2 is 1.66 bits per heavy atom. The Morgan fingerprint density at radius 3 is 2.29 bits per heavy atom. The maximum absolute atomic E-state index is 12.9. The molecular weight excluding hydrogens is 446 g/mol. The van der Waals surface area contributed by atoms with Gasteiger partial charge in [-0.1, -0.05) is 55.5 Å². The highest BCUT2D eigenvalue weighted by molar-refractivity contribution is 5.72. The highest BCUT2D eigenvalue weighted by Crippen LogP contribution is 2.27. The van der Waals surface area contributed by atoms with E-state index in [1.165, 1.54) is 25.7 Å². The van der Waals surface area contributed by atoms with Crippen molar-refractivity contribution in [2.45, 2.75) is 58.5 Å². The standard InChI is InChI=1S/C28H37NO6/c1-3-33-26(27(30)31)20-23-10-14-24(15-11-23)34-19-18-29(17-16-22-6-4-5-7-22)28(32)35-25-12-8-21(2)9-13-25/h8-15,22,26H,3-7,16-20H2,1-2H3,(H,30,31). The number of aryl methyl sites for hydroxylation is 1. The van der Waals surface area contributed by atoms with Crippen LogP contribution in [0.15, 0.2) is 48.5 Å². The number of amides is 1. The molecule has 0 aliphatic heterocycles. The third-order valence-electron chi connectivity index (χ3n) is 6.38. The number of benzene rings is 2. The highest BCUT2D eigenvalue weighted by atomic mass is 16.6. The van der Waals surface area contributed by atoms with Gasteiger partial charge in [0.05, 0.1) is 6.54 Å². The minimum absolute atomic E-state index is 0.295. The molecule has 2 aromatic carbocycles. The fraction of sp³-hybridized carbons (Fsp3) is 0.500. The SMILES string of the molecule is CCOC(Cc1ccc(OCCN(CCC2CCCC2)C(=O)Oc2ccc(C)cc2)cc1)C(=O)O. The van der Waals surface area contributed by atoms with Crippen molar-refractivity contribution in [1.29, 1.82) is 0 Å². The van der Waals surface area contributed by atoms with Crippen LogP contribution in [-0.4, -0.2) is 54.5 Å². The van der Waals surface area contributed by atoms with Crippen LogP contribution in [0.1, 0.15) is 50.2 Å². The van der Waals surface area contributed by atoms with Gasteiger partial charge < -0.3 is 24.2 Å². The first-order chi connectivity index (χ1) is 16.9. The van der Waals surface area contributed by atoms with Gasteiger partial charge in [-0.15, -0.1) is 0 Å². The van der Waals surface area contributed by atoms with Gasteiger partial charge in [-0.3, -0.25) is 0 Å². The predicted molar refractivity (Wildman–Crippen MR) is 134 cm³/mol. The summed E-state index contributed by atoms with van der Waals surface area (Å²) in [5, 5.41) is 9.26. The molecule has 1 N–H and O–H groups in total. The summed E-state index contributed by atoms with van der Waals surface area (Å²) < 4.78 is 16.8. The lowest BCUT2D eigenvalue weighted by molar-refractivity contribution is -0.149. The van der Waals surface area contributed by atoms with E-state index in [9.17, 15) is 14.7 Å². The zero-order valence-corrected chi connectivity index (χ0v) is 20.8. The second kappa shape index (κ2) is 13.7. The Kier molecular flexibility index (Phi) is 10.4. The third kappa shape index (κ3) is 8.91. The van der Waals surface area contributed by atoms with Gasteiger partial charge in [0.25, 0.3) is 0 Å². The van der Waals surface area contributed by atoms with Crippen molar-refractivity contribution in [2.75, 3.05) is 26.3 Å². The van der Waals surface area contributed by atoms with Crippen LogP contribution in [0.25, 0.3) is 0 Å². The lowest BCUT2D eigenvalue weighted by Gasteiger charge is -2.23. The lowest BCUT2D eigenvalue weighted by atomic mass is 10.0. The summed E-state index contributed by atoms with van der Waals surface area (Å²) in [6.07, 6.45) is 5.06. The van der Waals surface area contributed by atoms with Crippen molar-refractivity contribution in [2.24, 2.45) is 5.92 Å². The maximum Gasteiger partial charge on any atom is 0.415 e. The van der Waals surface area contributed by atoms with Gasteiger partial charge in [0.2, 0.25) is 0 Å². The van der Waals surface area contributed by atoms with Crippen LogP contribution in [0.2, 0.25) is 0 Å². The third-order valence-corrected chi connectivity index (χ3v) is 6.38. The Labute approximate surface area is 208 Å². The molecule has 7 nitrogen and oxygen atoms in total. The van der Waals surface area contributed by atoms with Gasteiger partial charge >= 0.3 is 12.1 Å². The molecule has 0 heterocycles. The molecule has 0 saturated heterocycles. The molecule has 1 amide bonds. The molecule has 7 heteroatoms. The highest BCUT2D eigenvalue weighted by Gasteiger charge is 2.21. The van der Waals surface area contributed by atoms with Crippen molar-refractivity contribution in [1.82, 2.24) is 4.90 Å². The fourth-order valence-electron chi connectivity index (χ4n) is 4.33. The number of rotatable bonds is 13. The van der Waals surface area contributed by atoms with Crippen LogP contribution in [-0.2, 0) is 16.0 Å². The largest absolute Gasteiger partial charge is 0.492 e. The van der Waals surface area contributed by atoms with Crippen LogP contribution in [0.5, 0.6) is 11.5 Å². The molecule has 0 spiro atoms. The van der Waals surface area contributed by atoms with Crippen LogP contribution in [0.3, 0.4) is 0 Å². The molecule has 2 aromatic rings. The van der Waals surface area contributed by atoms with Gasteiger partial charge in [0.1, 0.15) is 18.1 Å². The number of carboxylic acid groups (broad SMARTS) is 1. The van der Waals surface area contributed by atoms with E-state index >= 15 is 0 Å². The van der Waals surface area contributed by atoms with Gasteiger partial charge in [-0.05, 0) is 56.0 Å². The Bertz CT molecular complexity index is 921. The second-order valence-corrected chi connectivity index (χ2v) is 9.09. The summed E-state index contributed by atoms with van der Waals surface area (Å²) in [4.78, 5) is 25.9. The number of hydrogen-bond donors (Lipinski definition) is 1. The minimum atomic E-state index is -0.970. The zero-order valence-electron chi connectivity index (χ0n) is 20.8. The smallest absolute Gasteiger partial charge is 0.415 e. The summed E-state index contributed by atoms with van der Waals surface area (Å²) in [6, 6.07) is 14.8. The lowest BCUT2D eigenvalue weighted by Crippen LogP contribution is -2.38. The average Bonchev–Trinajstić information content (AvgIpc) is 3.37. The predicted octanol–water partition coefficient (Wildman–Crippen LogP) is 5.49. The first-order valence-electron chi connectivity index (χ1n) is 12.5. The average molecular weight is 484 g/mol. The van der Waals surface area contributed by atoms with Gasteiger partial charge in [-0.2, -0.15) is 0 Å². The summed E-state index contributed by atoms with van der Waals surface area (Å²) in [5.74, 6) is 0.904. The Balaban J connectivity index is 1.53. The Morgan fingerprint density at radius 1 is 1.00 bits per heavy atom. The number of hydrogen-bond acceptors (Lipinski definition) is 5. The minimum Gasteiger partial charge on any atom is -0.492 e. The van der Waals surface area contributed by atoms with E-state index in [-0.39, 0.29) is 6.09 Å². The van der Waals surface area contributed by atoms with Gasteiger partial charge in [-0.25, -0.2) is 9.59 Å². The fourth-order valence-corrected chi connectivity index (χ4v) is 4.33. The van der Waals surface area contributed by atoms with Crippen molar-refractivity contribution >= 4 is 12.1 Å². The van der Waals surface area contributed by atoms with Crippen LogP contribution in [0, 0.1) is 12.8 Å². The van der Waals surface area contributed by atoms with E-state index in [0.29, 0.717) is 50.1 Å². The monoisotopic (exact) mass is 483 g/mol. The van der Waals surface area contributed by atoms with E-state index in [0.717, 1.165) is 17.5 Å². The number of carboxylic acids is 1. The molecule has 1 aliphatic carbocycles. The number of ether oxygens (including phenoxy) is 3. The van der Waals surface area contributed by atoms with Crippen molar-refractivity contribution < 1.29 is 28.9 Å². The zero-order chi connectivity index (χ0) is 25.0. The van der Waals surface area contributed by atoms with Crippen molar-refractivity contribution in [3.63, 3.8) is 0 Å². The molecule has 0 radical (unpaired) electrons. The van der Waals surface area contributed by atoms with E-state index in [4.69, 9.17) is 14.2 Å². The molecular formula is C28H37NO6. The summed E-state index contributed by atoms with van der Waals surface area (Å²) >= 11 is 0. The van der Waals surface area contributed by atoms with E-state index in [1.54, 1.807) is 24.0 Å². The number of carbonyl (C=O) groups excluding carboxylic acids is 1. The maximum atomic E-state index is 12.9. The number of carbonyl (C=O) groups is 2. The van der Waals surface area contributed by atoms with E-state index in [1.807, 2.05) is 43.3 Å². The van der Waals surface area contributed by atoms with Crippen LogP contribution >= 0.6 is 0 Å². The quantitative estimate of drug-likeness (QED) is 0.406. The summed E-state index contributed by atoms with van der Waals surface area (Å²) in [6.45, 7) is 5.52. The number of nitrogens with zero attached hydrogens (tertiary/aromatic N) is 1. The van der Waals surface area contributed by atoms with E-state index in [2.05, 4.69) is 0 Å². The molecule has 1 fully saturated rings. The molecule has 35 heavy (non-hydrogen) atoms. The molecule has 0 aromatic heterocycles. The molecule has 1 atom stereocenters. The Hall–Kier alpha value is -3.06. The van der Waals surface area contributed by atoms with Crippen LogP contribution < -0.4 is 9.47 Å². The second-order valence-electron chi connectivity index (χ2n) is 9.09. The molecule has 1 unspecified atom stereocenters.